The Kier molecular flexibility index (Phi) is 8.21. The van der Waals surface area contributed by atoms with Crippen molar-refractivity contribution in [2.24, 2.45) is 5.92 Å². The Bertz CT molecular complexity index is 1860. The quantitative estimate of drug-likeness (QED) is 0.227. The number of likely N-dealkylation sites (tertiary alicyclic amines) is 2. The lowest BCUT2D eigenvalue weighted by Gasteiger charge is -2.37. The molecule has 7 rings (SSSR count). The second-order valence-electron chi connectivity index (χ2n) is 12.3. The molecule has 0 saturated carbocycles. The summed E-state index contributed by atoms with van der Waals surface area (Å²) in [5.41, 5.74) is 9.99. The fraction of sp³-hybridized carbons (Fsp3) is 0.306. The number of nitrogens with two attached hydrogens (primary N) is 1. The highest BCUT2D eigenvalue weighted by Crippen LogP contribution is 2.44. The van der Waals surface area contributed by atoms with Crippen LogP contribution in [0.15, 0.2) is 79.1 Å². The average Bonchev–Trinajstić information content (AvgIpc) is 3.39. The van der Waals surface area contributed by atoms with Crippen LogP contribution < -0.4 is 5.73 Å². The molecule has 5 heterocycles. The van der Waals surface area contributed by atoms with E-state index >= 15 is 0 Å². The van der Waals surface area contributed by atoms with Crippen molar-refractivity contribution in [3.63, 3.8) is 0 Å². The predicted molar refractivity (Wildman–Crippen MR) is 172 cm³/mol. The number of rotatable bonds is 6. The number of benzene rings is 2. The van der Waals surface area contributed by atoms with Crippen LogP contribution in [-0.4, -0.2) is 56.4 Å². The number of amides is 1. The summed E-state index contributed by atoms with van der Waals surface area (Å²) in [6.45, 7) is 3.68. The second-order valence-corrected chi connectivity index (χ2v) is 12.3. The van der Waals surface area contributed by atoms with Crippen LogP contribution >= 0.6 is 0 Å². The number of anilines is 1. The summed E-state index contributed by atoms with van der Waals surface area (Å²) in [5, 5.41) is 0.805. The number of hydrogen-bond donors (Lipinski definition) is 1. The molecule has 2 saturated heterocycles. The normalized spacial score (nSPS) is 16.7. The first-order chi connectivity index (χ1) is 22.3. The molecule has 0 radical (unpaired) electrons. The predicted octanol–water partition coefficient (Wildman–Crippen LogP) is 6.71. The van der Waals surface area contributed by atoms with Crippen molar-refractivity contribution >= 4 is 22.6 Å². The van der Waals surface area contributed by atoms with Gasteiger partial charge in [0.1, 0.15) is 23.3 Å². The standard InChI is InChI=1S/C36H35F3N6O/c37-26-4-5-30-32(21-26)45(29-19-27(38)18-28(39)20-29)35(31-3-1-2-11-41-31)34(30)24-9-15-44(16-10-24)36(46)25-7-13-43(14-8-25)22-23-6-12-42-33(40)17-23/h1-6,11-12,17-21,24-25H,7-10,13-16,22H2,(H2,40,42). The Labute approximate surface area is 265 Å². The zero-order valence-electron chi connectivity index (χ0n) is 25.4. The van der Waals surface area contributed by atoms with E-state index in [4.69, 9.17) is 5.73 Å². The molecule has 236 valence electrons. The molecule has 0 bridgehead atoms. The maximum absolute atomic E-state index is 14.7. The third-order valence-corrected chi connectivity index (χ3v) is 9.39. The minimum atomic E-state index is -0.721. The Morgan fingerprint density at radius 1 is 0.804 bits per heavy atom. The van der Waals surface area contributed by atoms with Gasteiger partial charge < -0.3 is 15.2 Å². The van der Waals surface area contributed by atoms with E-state index in [0.29, 0.717) is 48.7 Å². The number of aromatic nitrogens is 3. The van der Waals surface area contributed by atoms with E-state index < -0.39 is 17.5 Å². The number of carbonyl (C=O) groups excluding carboxylic acids is 1. The average molecular weight is 625 g/mol. The molecule has 2 aliphatic rings. The SMILES string of the molecule is Nc1cc(CN2CCC(C(=O)N3CCC(c4c(-c5ccccn5)n(-c5cc(F)cc(F)c5)c5cc(F)ccc45)CC3)CC2)ccn1. The van der Waals surface area contributed by atoms with Crippen LogP contribution in [-0.2, 0) is 11.3 Å². The van der Waals surface area contributed by atoms with Gasteiger partial charge in [-0.15, -0.1) is 0 Å². The molecular formula is C36H35F3N6O. The van der Waals surface area contributed by atoms with Crippen molar-refractivity contribution in [1.82, 2.24) is 24.3 Å². The van der Waals surface area contributed by atoms with Gasteiger partial charge in [-0.2, -0.15) is 0 Å². The molecule has 2 aromatic carbocycles. The van der Waals surface area contributed by atoms with Gasteiger partial charge in [0, 0.05) is 49.4 Å². The van der Waals surface area contributed by atoms with Crippen LogP contribution in [0.2, 0.25) is 0 Å². The number of hydrogen-bond acceptors (Lipinski definition) is 5. The van der Waals surface area contributed by atoms with Crippen LogP contribution in [0.1, 0.15) is 42.7 Å². The van der Waals surface area contributed by atoms with Gasteiger partial charge in [0.2, 0.25) is 5.91 Å². The first kappa shape index (κ1) is 30.0. The van der Waals surface area contributed by atoms with Gasteiger partial charge >= 0.3 is 0 Å². The molecule has 2 N–H and O–H groups in total. The number of fused-ring (bicyclic) bond motifs is 1. The fourth-order valence-electron chi connectivity index (χ4n) is 7.23. The van der Waals surface area contributed by atoms with Crippen molar-refractivity contribution in [3.05, 3.63) is 108 Å². The fourth-order valence-corrected chi connectivity index (χ4v) is 7.23. The molecule has 2 aliphatic heterocycles. The van der Waals surface area contributed by atoms with Gasteiger partial charge in [0.15, 0.2) is 0 Å². The van der Waals surface area contributed by atoms with E-state index in [1.165, 1.54) is 24.3 Å². The molecule has 2 fully saturated rings. The number of nitrogen functional groups attached to an aromatic ring is 1. The van der Waals surface area contributed by atoms with Gasteiger partial charge in [-0.3, -0.25) is 14.7 Å². The van der Waals surface area contributed by atoms with Crippen LogP contribution in [0.4, 0.5) is 19.0 Å². The molecule has 10 heteroatoms. The smallest absolute Gasteiger partial charge is 0.225 e. The molecule has 0 spiro atoms. The summed E-state index contributed by atoms with van der Waals surface area (Å²) < 4.78 is 45.4. The lowest BCUT2D eigenvalue weighted by Crippen LogP contribution is -2.45. The van der Waals surface area contributed by atoms with Gasteiger partial charge in [-0.05, 0) is 110 Å². The summed E-state index contributed by atoms with van der Waals surface area (Å²) in [5.74, 6) is -1.15. The largest absolute Gasteiger partial charge is 0.384 e. The summed E-state index contributed by atoms with van der Waals surface area (Å²) >= 11 is 0. The Hall–Kier alpha value is -4.70. The molecule has 7 nitrogen and oxygen atoms in total. The van der Waals surface area contributed by atoms with Crippen molar-refractivity contribution < 1.29 is 18.0 Å². The van der Waals surface area contributed by atoms with E-state index in [2.05, 4.69) is 14.9 Å². The van der Waals surface area contributed by atoms with E-state index in [0.717, 1.165) is 55.1 Å². The first-order valence-corrected chi connectivity index (χ1v) is 15.8. The molecule has 5 aromatic rings. The monoisotopic (exact) mass is 624 g/mol. The Balaban J connectivity index is 1.13. The maximum Gasteiger partial charge on any atom is 0.225 e. The van der Waals surface area contributed by atoms with Gasteiger partial charge in [-0.25, -0.2) is 18.2 Å². The van der Waals surface area contributed by atoms with Crippen LogP contribution in [0, 0.1) is 23.4 Å². The second kappa shape index (κ2) is 12.6. The van der Waals surface area contributed by atoms with Crippen molar-refractivity contribution in [1.29, 1.82) is 0 Å². The molecule has 3 aromatic heterocycles. The Morgan fingerprint density at radius 3 is 2.26 bits per heavy atom. The van der Waals surface area contributed by atoms with E-state index in [1.807, 2.05) is 29.2 Å². The molecule has 0 aliphatic carbocycles. The third-order valence-electron chi connectivity index (χ3n) is 9.39. The number of nitrogens with zero attached hydrogens (tertiary/aromatic N) is 5. The van der Waals surface area contributed by atoms with E-state index in [-0.39, 0.29) is 23.4 Å². The van der Waals surface area contributed by atoms with Crippen molar-refractivity contribution in [2.45, 2.75) is 38.1 Å². The number of pyridine rings is 2. The van der Waals surface area contributed by atoms with E-state index in [9.17, 15) is 18.0 Å². The number of piperidine rings is 2. The van der Waals surface area contributed by atoms with Crippen LogP contribution in [0.5, 0.6) is 0 Å². The van der Waals surface area contributed by atoms with Crippen molar-refractivity contribution in [3.8, 4) is 17.1 Å². The topological polar surface area (TPSA) is 80.3 Å². The molecule has 0 atom stereocenters. The highest BCUT2D eigenvalue weighted by Gasteiger charge is 2.34. The van der Waals surface area contributed by atoms with Gasteiger partial charge in [0.05, 0.1) is 22.6 Å². The molecule has 0 unspecified atom stereocenters. The zero-order valence-corrected chi connectivity index (χ0v) is 25.4. The first-order valence-electron chi connectivity index (χ1n) is 15.8. The summed E-state index contributed by atoms with van der Waals surface area (Å²) in [7, 11) is 0. The zero-order chi connectivity index (χ0) is 31.8. The summed E-state index contributed by atoms with van der Waals surface area (Å²) in [4.78, 5) is 26.7. The van der Waals surface area contributed by atoms with Crippen LogP contribution in [0.3, 0.4) is 0 Å². The van der Waals surface area contributed by atoms with Gasteiger partial charge in [-0.1, -0.05) is 6.07 Å². The minimum absolute atomic E-state index is 0.00727. The molecule has 46 heavy (non-hydrogen) atoms. The lowest BCUT2D eigenvalue weighted by atomic mass is 9.85. The van der Waals surface area contributed by atoms with E-state index in [1.54, 1.807) is 29.1 Å². The highest BCUT2D eigenvalue weighted by atomic mass is 19.1. The molecular weight excluding hydrogens is 589 g/mol. The summed E-state index contributed by atoms with van der Waals surface area (Å²) in [6, 6.07) is 17.3. The highest BCUT2D eigenvalue weighted by molar-refractivity contribution is 5.94. The minimum Gasteiger partial charge on any atom is -0.384 e. The maximum atomic E-state index is 14.7. The van der Waals surface area contributed by atoms with Gasteiger partial charge in [0.25, 0.3) is 0 Å². The number of carbonyl (C=O) groups is 1. The number of halogens is 3. The Morgan fingerprint density at radius 2 is 1.57 bits per heavy atom. The lowest BCUT2D eigenvalue weighted by molar-refractivity contribution is -0.138. The third kappa shape index (κ3) is 5.97. The van der Waals surface area contributed by atoms with Crippen molar-refractivity contribution in [2.75, 3.05) is 31.9 Å². The summed E-state index contributed by atoms with van der Waals surface area (Å²) in [6.07, 6.45) is 6.44. The molecule has 1 amide bonds. The van der Waals surface area contributed by atoms with Crippen LogP contribution in [0.25, 0.3) is 28.0 Å².